The zero-order valence-electron chi connectivity index (χ0n) is 16.0. The van der Waals surface area contributed by atoms with Gasteiger partial charge in [0.15, 0.2) is 0 Å². The number of carbonyl (C=O) groups excluding carboxylic acids is 2. The van der Waals surface area contributed by atoms with Gasteiger partial charge in [-0.15, -0.1) is 0 Å². The molecule has 4 nitrogen and oxygen atoms in total. The molecule has 4 heteroatoms. The molecular weight excluding hydrogens is 338 g/mol. The molecule has 4 aliphatic carbocycles. The smallest absolute Gasteiger partial charge is 0.312 e. The number of hydrogen-bond donors (Lipinski definition) is 0. The Morgan fingerprint density at radius 1 is 1.11 bits per heavy atom. The SMILES string of the molecule is O=C1CCCN1CCOC(=O)C12C[C@H]3C[C@@H](C1)CC(c1ccccc1)(C3)C2. The number of hydrogen-bond acceptors (Lipinski definition) is 3. The molecule has 1 amide bonds. The third-order valence-electron chi connectivity index (χ3n) is 7.65. The minimum atomic E-state index is -0.297. The van der Waals surface area contributed by atoms with Crippen LogP contribution in [-0.4, -0.2) is 36.5 Å². The van der Waals surface area contributed by atoms with Crippen LogP contribution in [0.1, 0.15) is 56.9 Å². The number of amides is 1. The Morgan fingerprint density at radius 3 is 2.52 bits per heavy atom. The molecule has 1 aliphatic heterocycles. The van der Waals surface area contributed by atoms with Crippen molar-refractivity contribution in [2.45, 2.75) is 56.8 Å². The van der Waals surface area contributed by atoms with E-state index in [1.807, 2.05) is 4.90 Å². The predicted molar refractivity (Wildman–Crippen MR) is 102 cm³/mol. The van der Waals surface area contributed by atoms with Crippen LogP contribution in [0, 0.1) is 17.3 Å². The Labute approximate surface area is 161 Å². The van der Waals surface area contributed by atoms with Gasteiger partial charge >= 0.3 is 5.97 Å². The molecule has 0 spiro atoms. The van der Waals surface area contributed by atoms with Crippen molar-refractivity contribution in [1.82, 2.24) is 4.90 Å². The Bertz CT molecular complexity index is 729. The number of carbonyl (C=O) groups is 2. The molecule has 1 heterocycles. The highest BCUT2D eigenvalue weighted by atomic mass is 16.5. The second-order valence-corrected chi connectivity index (χ2v) is 9.51. The minimum Gasteiger partial charge on any atom is -0.463 e. The first kappa shape index (κ1) is 17.3. The third kappa shape index (κ3) is 2.88. The van der Waals surface area contributed by atoms with Crippen LogP contribution in [0.4, 0.5) is 0 Å². The van der Waals surface area contributed by atoms with Crippen LogP contribution in [0.15, 0.2) is 30.3 Å². The van der Waals surface area contributed by atoms with E-state index in [-0.39, 0.29) is 22.7 Å². The lowest BCUT2D eigenvalue weighted by Gasteiger charge is -2.61. The van der Waals surface area contributed by atoms with Gasteiger partial charge in [0.05, 0.1) is 12.0 Å². The quantitative estimate of drug-likeness (QED) is 0.746. The largest absolute Gasteiger partial charge is 0.463 e. The standard InChI is InChI=1S/C23H29NO3/c25-20-7-4-8-24(20)9-10-27-21(26)23-14-17-11-18(15-23)13-22(12-17,16-23)19-5-2-1-3-6-19/h1-3,5-6,17-18H,4,7-16H2/t17-,18+,22?,23?. The average molecular weight is 367 g/mol. The molecule has 1 saturated heterocycles. The first-order chi connectivity index (χ1) is 13.1. The van der Waals surface area contributed by atoms with Crippen molar-refractivity contribution >= 4 is 11.9 Å². The van der Waals surface area contributed by atoms with Crippen molar-refractivity contribution in [3.05, 3.63) is 35.9 Å². The van der Waals surface area contributed by atoms with Crippen molar-refractivity contribution in [2.24, 2.45) is 17.3 Å². The second kappa shape index (κ2) is 6.35. The van der Waals surface area contributed by atoms with Gasteiger partial charge in [0, 0.05) is 13.0 Å². The molecule has 27 heavy (non-hydrogen) atoms. The fraction of sp³-hybridized carbons (Fsp3) is 0.652. The topological polar surface area (TPSA) is 46.6 Å². The molecule has 5 fully saturated rings. The first-order valence-electron chi connectivity index (χ1n) is 10.6. The van der Waals surface area contributed by atoms with Gasteiger partial charge in [0.2, 0.25) is 5.91 Å². The lowest BCUT2D eigenvalue weighted by Crippen LogP contribution is -2.57. The van der Waals surface area contributed by atoms with Crippen molar-refractivity contribution in [3.8, 4) is 0 Å². The first-order valence-corrected chi connectivity index (χ1v) is 10.6. The van der Waals surface area contributed by atoms with Crippen molar-refractivity contribution in [3.63, 3.8) is 0 Å². The summed E-state index contributed by atoms with van der Waals surface area (Å²) in [6.45, 7) is 1.71. The highest BCUT2D eigenvalue weighted by Gasteiger charge is 2.61. The zero-order valence-corrected chi connectivity index (χ0v) is 16.0. The van der Waals surface area contributed by atoms with E-state index in [2.05, 4.69) is 30.3 Å². The Morgan fingerprint density at radius 2 is 1.85 bits per heavy atom. The molecule has 4 atom stereocenters. The Hall–Kier alpha value is -1.84. The zero-order chi connectivity index (χ0) is 18.5. The molecule has 0 N–H and O–H groups in total. The van der Waals surface area contributed by atoms with E-state index in [1.165, 1.54) is 24.8 Å². The Kier molecular flexibility index (Phi) is 4.06. The van der Waals surface area contributed by atoms with Crippen molar-refractivity contribution in [2.75, 3.05) is 19.7 Å². The van der Waals surface area contributed by atoms with Gasteiger partial charge in [0.1, 0.15) is 6.61 Å². The predicted octanol–water partition coefficient (Wildman–Crippen LogP) is 3.69. The molecule has 1 aromatic rings. The van der Waals surface area contributed by atoms with E-state index in [4.69, 9.17) is 4.74 Å². The molecule has 1 aromatic carbocycles. The number of likely N-dealkylation sites (tertiary alicyclic amines) is 1. The fourth-order valence-electron chi connectivity index (χ4n) is 6.97. The maximum absolute atomic E-state index is 13.2. The number of nitrogens with zero attached hydrogens (tertiary/aromatic N) is 1. The number of rotatable bonds is 5. The summed E-state index contributed by atoms with van der Waals surface area (Å²) in [7, 11) is 0. The fourth-order valence-corrected chi connectivity index (χ4v) is 6.97. The monoisotopic (exact) mass is 367 g/mol. The molecule has 0 radical (unpaired) electrons. The van der Waals surface area contributed by atoms with Crippen LogP contribution in [0.2, 0.25) is 0 Å². The van der Waals surface area contributed by atoms with Gasteiger partial charge in [-0.1, -0.05) is 30.3 Å². The summed E-state index contributed by atoms with van der Waals surface area (Å²) in [6, 6.07) is 10.8. The van der Waals surface area contributed by atoms with Crippen molar-refractivity contribution in [1.29, 1.82) is 0 Å². The highest BCUT2D eigenvalue weighted by Crippen LogP contribution is 2.66. The average Bonchev–Trinajstić information content (AvgIpc) is 3.06. The van der Waals surface area contributed by atoms with E-state index in [0.717, 1.165) is 32.2 Å². The lowest BCUT2D eigenvalue weighted by atomic mass is 9.43. The van der Waals surface area contributed by atoms with Crippen LogP contribution >= 0.6 is 0 Å². The van der Waals surface area contributed by atoms with E-state index in [9.17, 15) is 9.59 Å². The maximum atomic E-state index is 13.2. The van der Waals surface area contributed by atoms with Crippen LogP contribution in [0.3, 0.4) is 0 Å². The summed E-state index contributed by atoms with van der Waals surface area (Å²) >= 11 is 0. The van der Waals surface area contributed by atoms with E-state index in [1.54, 1.807) is 0 Å². The minimum absolute atomic E-state index is 0.00329. The van der Waals surface area contributed by atoms with E-state index < -0.39 is 0 Å². The molecule has 4 bridgehead atoms. The van der Waals surface area contributed by atoms with Gasteiger partial charge in [-0.3, -0.25) is 9.59 Å². The summed E-state index contributed by atoms with van der Waals surface area (Å²) in [4.78, 5) is 26.8. The van der Waals surface area contributed by atoms with Crippen LogP contribution in [0.25, 0.3) is 0 Å². The summed E-state index contributed by atoms with van der Waals surface area (Å²) in [5.41, 5.74) is 1.28. The Balaban J connectivity index is 1.31. The molecule has 5 aliphatic rings. The van der Waals surface area contributed by atoms with Gasteiger partial charge in [0.25, 0.3) is 0 Å². The summed E-state index contributed by atoms with van der Waals surface area (Å²) in [5.74, 6) is 1.51. The molecule has 144 valence electrons. The summed E-state index contributed by atoms with van der Waals surface area (Å²) < 4.78 is 5.79. The summed E-state index contributed by atoms with van der Waals surface area (Å²) in [5, 5.41) is 0. The van der Waals surface area contributed by atoms with Gasteiger partial charge in [-0.25, -0.2) is 0 Å². The molecule has 0 aromatic heterocycles. The van der Waals surface area contributed by atoms with Gasteiger partial charge in [-0.2, -0.15) is 0 Å². The van der Waals surface area contributed by atoms with E-state index in [0.29, 0.717) is 31.4 Å². The maximum Gasteiger partial charge on any atom is 0.312 e. The molecule has 6 rings (SSSR count). The van der Waals surface area contributed by atoms with Crippen LogP contribution in [0.5, 0.6) is 0 Å². The van der Waals surface area contributed by atoms with Crippen molar-refractivity contribution < 1.29 is 14.3 Å². The number of esters is 1. The van der Waals surface area contributed by atoms with Crippen LogP contribution in [-0.2, 0) is 19.7 Å². The number of benzene rings is 1. The van der Waals surface area contributed by atoms with Gasteiger partial charge < -0.3 is 9.64 Å². The molecular formula is C23H29NO3. The normalized spacial score (nSPS) is 37.0. The van der Waals surface area contributed by atoms with Crippen LogP contribution < -0.4 is 0 Å². The van der Waals surface area contributed by atoms with E-state index >= 15 is 0 Å². The lowest BCUT2D eigenvalue weighted by molar-refractivity contribution is -0.174. The molecule has 2 unspecified atom stereocenters. The summed E-state index contributed by atoms with van der Waals surface area (Å²) in [6.07, 6.45) is 8.25. The third-order valence-corrected chi connectivity index (χ3v) is 7.65. The second-order valence-electron chi connectivity index (χ2n) is 9.51. The molecule has 4 saturated carbocycles. The number of ether oxygens (including phenoxy) is 1. The van der Waals surface area contributed by atoms with Gasteiger partial charge in [-0.05, 0) is 67.8 Å². The highest BCUT2D eigenvalue weighted by molar-refractivity contribution is 5.79.